The van der Waals surface area contributed by atoms with Gasteiger partial charge in [0.25, 0.3) is 0 Å². The van der Waals surface area contributed by atoms with Crippen LogP contribution in [0.4, 0.5) is 35.8 Å². The van der Waals surface area contributed by atoms with Gasteiger partial charge in [-0.05, 0) is 82.1 Å². The summed E-state index contributed by atoms with van der Waals surface area (Å²) in [4.78, 5) is 107. The molecule has 464 valence electrons. The Morgan fingerprint density at radius 1 is 0.988 bits per heavy atom. The number of allylic oxidation sites excluding steroid dienone is 3. The van der Waals surface area contributed by atoms with E-state index in [1.165, 1.54) is 33.1 Å². The number of anilines is 3. The number of urea groups is 1. The molecule has 10 N–H and O–H groups in total. The van der Waals surface area contributed by atoms with Gasteiger partial charge in [0.1, 0.15) is 47.0 Å². The van der Waals surface area contributed by atoms with Gasteiger partial charge < -0.3 is 65.8 Å². The molecule has 1 saturated heterocycles. The molecular weight excluding hydrogens is 1210 g/mol. The van der Waals surface area contributed by atoms with Gasteiger partial charge in [-0.15, -0.1) is 0 Å². The number of esters is 1. The van der Waals surface area contributed by atoms with Gasteiger partial charge in [-0.25, -0.2) is 23.6 Å². The Morgan fingerprint density at radius 3 is 2.33 bits per heavy atom. The first-order valence-electron chi connectivity index (χ1n) is 27.3. The van der Waals surface area contributed by atoms with E-state index in [9.17, 15) is 48.6 Å². The monoisotopic (exact) mass is 1280 g/mol. The van der Waals surface area contributed by atoms with Crippen LogP contribution < -0.4 is 47.3 Å². The fraction of sp³-hybridized carbons (Fsp3) is 0.544. The van der Waals surface area contributed by atoms with Crippen LogP contribution >= 0.6 is 39.1 Å². The highest BCUT2D eigenvalue weighted by Crippen LogP contribution is 2.38. The van der Waals surface area contributed by atoms with E-state index >= 15 is 4.39 Å². The maximum absolute atomic E-state index is 16.1. The third-order valence-corrected chi connectivity index (χ3v) is 15.7. The zero-order valence-electron chi connectivity index (χ0n) is 48.5. The van der Waals surface area contributed by atoms with Crippen LogP contribution in [0.1, 0.15) is 98.5 Å². The summed E-state index contributed by atoms with van der Waals surface area (Å²) < 4.78 is 44.1. The zero-order chi connectivity index (χ0) is 62.7. The fourth-order valence-electron chi connectivity index (χ4n) is 9.35. The fourth-order valence-corrected chi connectivity index (χ4v) is 10.1. The number of aliphatic hydroxyl groups is 2. The highest BCUT2D eigenvalue weighted by Gasteiger charge is 2.49. The lowest BCUT2D eigenvalue weighted by Crippen LogP contribution is -2.64. The van der Waals surface area contributed by atoms with Crippen molar-refractivity contribution < 1.29 is 76.6 Å². The number of nitrogens with two attached hydrogens (primary N) is 1. The second-order valence-electron chi connectivity index (χ2n) is 21.3. The molecule has 23 nitrogen and oxygen atoms in total. The van der Waals surface area contributed by atoms with E-state index in [2.05, 4.69) is 54.4 Å². The maximum Gasteiger partial charge on any atom is 0.411 e. The molecule has 2 aliphatic rings. The highest BCUT2D eigenvalue weighted by atomic mass is 79.9. The van der Waals surface area contributed by atoms with Crippen LogP contribution in [0.5, 0.6) is 5.75 Å². The number of ether oxygens (including phenoxy) is 5. The Kier molecular flexibility index (Phi) is 27.2. The zero-order valence-corrected chi connectivity index (χ0v) is 51.6. The predicted octanol–water partition coefficient (Wildman–Crippen LogP) is 7.46. The standard InChI is InChI=1S/C57H78BrCl2FN8O15/c1-29(2)49(67-46(70)19-12-11-16-32(5)82-53(75)31(4)28-58)52(74)64-38(17-14-20-63-54(62)76)51(73)65-40-24-36(59)39(25-37(40)61)66-55(77)83-42-26-47(71)69(8)41-22-35(23-43(80-9)48(41)60)21-30(3)15-13-18-45(81-10)57(79)27-44(84-56(78)68-57)34(7)50(72)33(42)6/h13,15,18,22-25,29,32-34,38,42,44-45,49-50,72,79H,4,11-12,14,16-17,19-21,26-28H2,1-3,5-10H3,(H,64,74)(H,65,73)(H,66,77)(H,67,70)(H,68,78)(H3,62,63,76)/b18-13+,30-15+/t32?,33?,34-,38+,42+,44+,45-,49+,50-,57+/m1/s1. The normalized spacial score (nSPS) is 23.2. The summed E-state index contributed by atoms with van der Waals surface area (Å²) in [5.41, 5.74) is 4.41. The van der Waals surface area contributed by atoms with Crippen LogP contribution in [0.3, 0.4) is 0 Å². The van der Waals surface area contributed by atoms with Crippen molar-refractivity contribution in [2.45, 2.75) is 148 Å². The number of fused-ring (bicyclic) bond motifs is 4. The minimum Gasteiger partial charge on any atom is -0.495 e. The lowest BCUT2D eigenvalue weighted by molar-refractivity contribution is -0.152. The number of carbonyl (C=O) groups excluding carboxylic acids is 8. The number of alkyl carbamates (subject to hydrolysis) is 1. The van der Waals surface area contributed by atoms with E-state index in [1.54, 1.807) is 58.1 Å². The molecule has 2 aromatic carbocycles. The van der Waals surface area contributed by atoms with Crippen molar-refractivity contribution >= 4 is 104 Å². The molecule has 2 unspecified atom stereocenters. The maximum atomic E-state index is 16.1. The summed E-state index contributed by atoms with van der Waals surface area (Å²) in [6.07, 6.45) is -1.92. The van der Waals surface area contributed by atoms with Crippen molar-refractivity contribution in [2.24, 2.45) is 23.5 Å². The molecule has 0 aliphatic carbocycles. The number of nitrogens with one attached hydrogen (secondary N) is 6. The van der Waals surface area contributed by atoms with E-state index in [0.29, 0.717) is 31.2 Å². The molecule has 2 heterocycles. The first-order chi connectivity index (χ1) is 39.5. The Bertz CT molecular complexity index is 2790. The molecule has 4 bridgehead atoms. The predicted molar refractivity (Wildman–Crippen MR) is 317 cm³/mol. The number of alkyl halides is 1. The minimum absolute atomic E-state index is 0.00199. The second kappa shape index (κ2) is 32.7. The first-order valence-corrected chi connectivity index (χ1v) is 29.1. The van der Waals surface area contributed by atoms with E-state index < -0.39 is 132 Å². The quantitative estimate of drug-likeness (QED) is 0.0182. The van der Waals surface area contributed by atoms with Gasteiger partial charge in [-0.3, -0.25) is 29.8 Å². The smallest absolute Gasteiger partial charge is 0.411 e. The van der Waals surface area contributed by atoms with Crippen molar-refractivity contribution in [1.29, 1.82) is 0 Å². The van der Waals surface area contributed by atoms with E-state index in [0.717, 1.165) is 17.7 Å². The number of aliphatic hydroxyl groups excluding tert-OH is 1. The summed E-state index contributed by atoms with van der Waals surface area (Å²) in [7, 11) is 4.21. The van der Waals surface area contributed by atoms with Crippen molar-refractivity contribution in [3.63, 3.8) is 0 Å². The Labute approximate surface area is 506 Å². The van der Waals surface area contributed by atoms with Gasteiger partial charge in [-0.1, -0.05) is 97.2 Å². The molecule has 27 heteroatoms. The summed E-state index contributed by atoms with van der Waals surface area (Å²) in [5, 5.41) is 38.8. The second-order valence-corrected chi connectivity index (χ2v) is 22.6. The molecule has 2 aliphatic heterocycles. The molecule has 0 spiro atoms. The van der Waals surface area contributed by atoms with Gasteiger partial charge in [0.2, 0.25) is 23.6 Å². The molecule has 0 saturated carbocycles. The van der Waals surface area contributed by atoms with Gasteiger partial charge in [0.15, 0.2) is 5.72 Å². The van der Waals surface area contributed by atoms with Crippen LogP contribution in [-0.2, 0) is 49.3 Å². The number of amides is 8. The molecule has 2 aromatic rings. The average molecular weight is 1290 g/mol. The van der Waals surface area contributed by atoms with E-state index in [1.807, 2.05) is 6.92 Å². The summed E-state index contributed by atoms with van der Waals surface area (Å²) in [5.74, 6) is -6.69. The number of methoxy groups -OCH3 is 2. The van der Waals surface area contributed by atoms with Gasteiger partial charge >= 0.3 is 24.2 Å². The topological polar surface area (TPSA) is 325 Å². The Hall–Kier alpha value is -6.51. The lowest BCUT2D eigenvalue weighted by Gasteiger charge is -2.43. The number of benzene rings is 2. The Balaban J connectivity index is 1.57. The number of primary amides is 1. The average Bonchev–Trinajstić information content (AvgIpc) is 2.77. The number of rotatable bonds is 22. The van der Waals surface area contributed by atoms with Gasteiger partial charge in [0.05, 0.1) is 47.8 Å². The van der Waals surface area contributed by atoms with Gasteiger partial charge in [-0.2, -0.15) is 0 Å². The summed E-state index contributed by atoms with van der Waals surface area (Å²) in [6.45, 7) is 13.6. The molecule has 0 aromatic heterocycles. The van der Waals surface area contributed by atoms with E-state index in [-0.39, 0.29) is 70.3 Å². The largest absolute Gasteiger partial charge is 0.495 e. The first kappa shape index (κ1) is 70.0. The third-order valence-electron chi connectivity index (χ3n) is 14.3. The number of nitrogens with zero attached hydrogens (tertiary/aromatic N) is 1. The van der Waals surface area contributed by atoms with Crippen LogP contribution in [0.2, 0.25) is 10.0 Å². The van der Waals surface area contributed by atoms with Crippen molar-refractivity contribution in [1.82, 2.24) is 21.3 Å². The number of hydrogen-bond donors (Lipinski definition) is 9. The molecule has 0 radical (unpaired) electrons. The van der Waals surface area contributed by atoms with Gasteiger partial charge in [0, 0.05) is 62.3 Å². The van der Waals surface area contributed by atoms with Crippen molar-refractivity contribution in [3.8, 4) is 5.75 Å². The molecular formula is C57H78BrCl2FN8O15. The lowest BCUT2D eigenvalue weighted by atomic mass is 9.81. The molecule has 1 fully saturated rings. The number of halogens is 4. The van der Waals surface area contributed by atoms with Crippen LogP contribution in [0, 0.1) is 23.6 Å². The molecule has 4 rings (SSSR count). The minimum atomic E-state index is -2.01. The summed E-state index contributed by atoms with van der Waals surface area (Å²) >= 11 is 16.5. The van der Waals surface area contributed by atoms with E-state index in [4.69, 9.17) is 52.6 Å². The molecule has 10 atom stereocenters. The highest BCUT2D eigenvalue weighted by molar-refractivity contribution is 9.09. The van der Waals surface area contributed by atoms with Crippen molar-refractivity contribution in [3.05, 3.63) is 81.6 Å². The van der Waals surface area contributed by atoms with Crippen molar-refractivity contribution in [2.75, 3.05) is 48.7 Å². The van der Waals surface area contributed by atoms with Crippen LogP contribution in [0.15, 0.2) is 60.2 Å². The molecule has 84 heavy (non-hydrogen) atoms. The van der Waals surface area contributed by atoms with Crippen LogP contribution in [-0.4, -0.2) is 139 Å². The number of hydrogen-bond acceptors (Lipinski definition) is 15. The summed E-state index contributed by atoms with van der Waals surface area (Å²) in [6, 6.07) is 1.84. The SMILES string of the molecule is C=C(CBr)C(=O)OC(C)CCCCC(=O)N[C@H](C(=O)N[C@@H](CCCNC(N)=O)C(=O)Nc1cc(Cl)c(NC(=O)O[C@H]2CC(=O)N(C)c3cc(cc(OC)c3Cl)C/C(C)=C/C=C/[C@@H](OC)[C@@]3(O)C[C@H](OC(=O)N3)[C@@H](C)[C@H](O)C2C)cc1F)C(C)C. The van der Waals surface area contributed by atoms with Crippen LogP contribution in [0.25, 0.3) is 0 Å². The molecule has 8 amide bonds. The number of unbranched alkanes of at least 4 members (excludes halogenated alkanes) is 1. The Morgan fingerprint density at radius 2 is 1.69 bits per heavy atom. The third kappa shape index (κ3) is 20.3. The number of carbonyl (C=O) groups is 8.